The first-order valence-corrected chi connectivity index (χ1v) is 4.06. The van der Waals surface area contributed by atoms with Crippen LogP contribution in [-0.2, 0) is 0 Å². The molecule has 4 nitrogen and oxygen atoms in total. The second-order valence-electron chi connectivity index (χ2n) is 3.26. The lowest BCUT2D eigenvalue weighted by Gasteiger charge is -2.20. The van der Waals surface area contributed by atoms with Crippen LogP contribution in [-0.4, -0.2) is 15.5 Å². The summed E-state index contributed by atoms with van der Waals surface area (Å²) in [5, 5.41) is 11.7. The Hall–Kier alpha value is -2.07. The number of nitrogens with one attached hydrogen (secondary N) is 1. The molecule has 0 amide bonds. The summed E-state index contributed by atoms with van der Waals surface area (Å²) < 4.78 is 0. The van der Waals surface area contributed by atoms with Crippen LogP contribution in [0.2, 0.25) is 0 Å². The summed E-state index contributed by atoms with van der Waals surface area (Å²) in [6.45, 7) is 3.64. The van der Waals surface area contributed by atoms with E-state index in [1.54, 1.807) is 0 Å². The second kappa shape index (κ2) is 3.76. The van der Waals surface area contributed by atoms with E-state index in [2.05, 4.69) is 21.2 Å². The smallest absolute Gasteiger partial charge is 0.183 e. The summed E-state index contributed by atoms with van der Waals surface area (Å²) in [7, 11) is 0. The molecule has 1 rings (SSSR count). The Morgan fingerprint density at radius 3 is 2.64 bits per heavy atom. The van der Waals surface area contributed by atoms with Gasteiger partial charge >= 0.3 is 0 Å². The van der Waals surface area contributed by atoms with Crippen molar-refractivity contribution in [3.05, 3.63) is 18.1 Å². The fraction of sp³-hybridized carbons (Fsp3) is 0.300. The number of hydrogen-bond acceptors (Lipinski definition) is 4. The largest absolute Gasteiger partial charge is 0.352 e. The topological polar surface area (TPSA) is 61.6 Å². The molecular formula is C10H10N4. The Morgan fingerprint density at radius 1 is 1.43 bits per heavy atom. The molecule has 0 bridgehead atoms. The molecule has 0 saturated carbocycles. The van der Waals surface area contributed by atoms with Gasteiger partial charge in [0.25, 0.3) is 0 Å². The van der Waals surface area contributed by atoms with Crippen molar-refractivity contribution in [3.63, 3.8) is 0 Å². The van der Waals surface area contributed by atoms with Crippen molar-refractivity contribution in [2.75, 3.05) is 5.32 Å². The van der Waals surface area contributed by atoms with Crippen molar-refractivity contribution in [1.82, 2.24) is 9.97 Å². The molecule has 4 heteroatoms. The maximum absolute atomic E-state index is 8.74. The molecule has 1 aromatic rings. The van der Waals surface area contributed by atoms with Gasteiger partial charge in [-0.2, -0.15) is 5.26 Å². The fourth-order valence-corrected chi connectivity index (χ4v) is 0.843. The summed E-state index contributed by atoms with van der Waals surface area (Å²) in [5.74, 6) is 2.97. The van der Waals surface area contributed by atoms with Crippen LogP contribution in [0.15, 0.2) is 12.4 Å². The zero-order valence-electron chi connectivity index (χ0n) is 8.07. The molecule has 0 spiro atoms. The lowest BCUT2D eigenvalue weighted by molar-refractivity contribution is 0.734. The van der Waals surface area contributed by atoms with Crippen molar-refractivity contribution >= 4 is 5.82 Å². The molecule has 0 aliphatic rings. The van der Waals surface area contributed by atoms with Gasteiger partial charge in [0.1, 0.15) is 6.07 Å². The highest BCUT2D eigenvalue weighted by Crippen LogP contribution is 2.13. The minimum absolute atomic E-state index is 0.246. The minimum atomic E-state index is -0.540. The molecular weight excluding hydrogens is 176 g/mol. The van der Waals surface area contributed by atoms with Crippen LogP contribution in [0.25, 0.3) is 0 Å². The number of aromatic nitrogens is 2. The number of rotatable bonds is 2. The van der Waals surface area contributed by atoms with Gasteiger partial charge in [-0.3, -0.25) is 0 Å². The molecule has 0 aliphatic carbocycles. The number of nitrogens with zero attached hydrogens (tertiary/aromatic N) is 3. The highest BCUT2D eigenvalue weighted by atomic mass is 15.1. The lowest BCUT2D eigenvalue weighted by Crippen LogP contribution is -2.29. The average Bonchev–Trinajstić information content (AvgIpc) is 2.18. The Morgan fingerprint density at radius 2 is 2.07 bits per heavy atom. The van der Waals surface area contributed by atoms with Crippen LogP contribution in [0.3, 0.4) is 0 Å². The normalized spacial score (nSPS) is 10.0. The molecule has 0 aromatic carbocycles. The summed E-state index contributed by atoms with van der Waals surface area (Å²) >= 11 is 0. The molecule has 0 radical (unpaired) electrons. The van der Waals surface area contributed by atoms with Gasteiger partial charge in [-0.1, -0.05) is 5.92 Å². The third kappa shape index (κ3) is 2.21. The van der Waals surface area contributed by atoms with Gasteiger partial charge in [0.05, 0.1) is 5.54 Å². The second-order valence-corrected chi connectivity index (χ2v) is 3.26. The average molecular weight is 186 g/mol. The first kappa shape index (κ1) is 10.0. The van der Waals surface area contributed by atoms with E-state index >= 15 is 0 Å². The SMILES string of the molecule is C#CC(C)(C)Nc1nccnc1C#N. The Bertz CT molecular complexity index is 409. The van der Waals surface area contributed by atoms with Gasteiger partial charge in [-0.05, 0) is 13.8 Å². The molecule has 1 N–H and O–H groups in total. The van der Waals surface area contributed by atoms with E-state index in [-0.39, 0.29) is 5.69 Å². The fourth-order valence-electron chi connectivity index (χ4n) is 0.843. The minimum Gasteiger partial charge on any atom is -0.352 e. The maximum Gasteiger partial charge on any atom is 0.183 e. The van der Waals surface area contributed by atoms with E-state index in [1.165, 1.54) is 12.4 Å². The van der Waals surface area contributed by atoms with E-state index in [9.17, 15) is 0 Å². The van der Waals surface area contributed by atoms with Crippen LogP contribution in [0, 0.1) is 23.7 Å². The van der Waals surface area contributed by atoms with Crippen molar-refractivity contribution in [3.8, 4) is 18.4 Å². The van der Waals surface area contributed by atoms with Crippen molar-refractivity contribution < 1.29 is 0 Å². The number of terminal acetylenes is 1. The quantitative estimate of drug-likeness (QED) is 0.704. The summed E-state index contributed by atoms with van der Waals surface area (Å²) in [6.07, 6.45) is 8.28. The first-order chi connectivity index (χ1) is 6.59. The van der Waals surface area contributed by atoms with Crippen molar-refractivity contribution in [2.45, 2.75) is 19.4 Å². The third-order valence-corrected chi connectivity index (χ3v) is 1.60. The Balaban J connectivity index is 3.00. The zero-order chi connectivity index (χ0) is 10.6. The molecule has 1 heterocycles. The molecule has 0 fully saturated rings. The number of nitriles is 1. The molecule has 0 atom stereocenters. The Labute approximate surface area is 83.0 Å². The van der Waals surface area contributed by atoms with Crippen LogP contribution >= 0.6 is 0 Å². The van der Waals surface area contributed by atoms with Crippen LogP contribution < -0.4 is 5.32 Å². The monoisotopic (exact) mass is 186 g/mol. The van der Waals surface area contributed by atoms with Crippen LogP contribution in [0.5, 0.6) is 0 Å². The molecule has 0 unspecified atom stereocenters. The predicted octanol–water partition coefficient (Wildman–Crippen LogP) is 1.17. The summed E-state index contributed by atoms with van der Waals surface area (Å²) in [6, 6.07) is 1.94. The molecule has 14 heavy (non-hydrogen) atoms. The number of hydrogen-bond donors (Lipinski definition) is 1. The molecule has 70 valence electrons. The molecule has 0 saturated heterocycles. The van der Waals surface area contributed by atoms with Gasteiger partial charge in [0.15, 0.2) is 11.5 Å². The standard InChI is InChI=1S/C10H10N4/c1-4-10(2,3)14-9-8(7-11)12-5-6-13-9/h1,5-6H,2-3H3,(H,13,14). The van der Waals surface area contributed by atoms with E-state index in [0.717, 1.165) is 0 Å². The molecule has 1 aromatic heterocycles. The van der Waals surface area contributed by atoms with Gasteiger partial charge in [0.2, 0.25) is 0 Å². The van der Waals surface area contributed by atoms with Crippen LogP contribution in [0.4, 0.5) is 5.82 Å². The highest BCUT2D eigenvalue weighted by Gasteiger charge is 2.16. The summed E-state index contributed by atoms with van der Waals surface area (Å²) in [5.41, 5.74) is -0.294. The van der Waals surface area contributed by atoms with Gasteiger partial charge in [-0.15, -0.1) is 6.42 Å². The maximum atomic E-state index is 8.74. The summed E-state index contributed by atoms with van der Waals surface area (Å²) in [4.78, 5) is 7.85. The highest BCUT2D eigenvalue weighted by molar-refractivity contribution is 5.50. The van der Waals surface area contributed by atoms with Gasteiger partial charge < -0.3 is 5.32 Å². The molecule has 0 aliphatic heterocycles. The third-order valence-electron chi connectivity index (χ3n) is 1.60. The van der Waals surface area contributed by atoms with Gasteiger partial charge in [0, 0.05) is 12.4 Å². The van der Waals surface area contributed by atoms with E-state index in [1.807, 2.05) is 19.9 Å². The predicted molar refractivity (Wildman–Crippen MR) is 53.3 cm³/mol. The van der Waals surface area contributed by atoms with Gasteiger partial charge in [-0.25, -0.2) is 9.97 Å². The van der Waals surface area contributed by atoms with E-state index in [4.69, 9.17) is 11.7 Å². The first-order valence-electron chi connectivity index (χ1n) is 4.06. The van der Waals surface area contributed by atoms with E-state index < -0.39 is 5.54 Å². The lowest BCUT2D eigenvalue weighted by atomic mass is 10.1. The van der Waals surface area contributed by atoms with Crippen molar-refractivity contribution in [2.24, 2.45) is 0 Å². The number of anilines is 1. The Kier molecular flexibility index (Phi) is 2.69. The van der Waals surface area contributed by atoms with E-state index in [0.29, 0.717) is 5.82 Å². The zero-order valence-corrected chi connectivity index (χ0v) is 8.07. The van der Waals surface area contributed by atoms with Crippen LogP contribution in [0.1, 0.15) is 19.5 Å². The van der Waals surface area contributed by atoms with Crippen molar-refractivity contribution in [1.29, 1.82) is 5.26 Å².